The molecule has 0 aromatic rings. The number of carboxylic acids is 1. The van der Waals surface area contributed by atoms with Gasteiger partial charge in [0, 0.05) is 18.5 Å². The van der Waals surface area contributed by atoms with Gasteiger partial charge in [0.15, 0.2) is 0 Å². The van der Waals surface area contributed by atoms with Gasteiger partial charge in [0.2, 0.25) is 0 Å². The van der Waals surface area contributed by atoms with Crippen LogP contribution in [0.3, 0.4) is 0 Å². The van der Waals surface area contributed by atoms with E-state index in [4.69, 9.17) is 9.94 Å². The number of hydrogen-bond acceptors (Lipinski definition) is 5. The number of unbranched alkanes of at least 4 members (excludes halogenated alkanes) is 4. The van der Waals surface area contributed by atoms with Crippen molar-refractivity contribution in [2.24, 2.45) is 10.8 Å². The average molecular weight is 481 g/mol. The fraction of sp³-hybridized carbons (Fsp3) is 0.929. The van der Waals surface area contributed by atoms with E-state index in [2.05, 4.69) is 60.3 Å². The second-order valence-electron chi connectivity index (χ2n) is 13.0. The van der Waals surface area contributed by atoms with E-state index in [1.807, 2.05) is 5.06 Å². The zero-order valence-corrected chi connectivity index (χ0v) is 23.3. The molecule has 2 saturated heterocycles. The van der Waals surface area contributed by atoms with Crippen LogP contribution < -0.4 is 0 Å². The van der Waals surface area contributed by atoms with E-state index < -0.39 is 5.97 Å². The number of carbonyl (C=O) groups excluding carboxylic acids is 1. The maximum absolute atomic E-state index is 13.8. The quantitative estimate of drug-likeness (QED) is 0.344. The van der Waals surface area contributed by atoms with E-state index in [0.717, 1.165) is 77.3 Å². The lowest BCUT2D eigenvalue weighted by Crippen LogP contribution is -2.64. The highest BCUT2D eigenvalue weighted by Crippen LogP contribution is 2.46. The predicted molar refractivity (Wildman–Crippen MR) is 137 cm³/mol. The van der Waals surface area contributed by atoms with Gasteiger partial charge in [0.25, 0.3) is 0 Å². The van der Waals surface area contributed by atoms with Crippen molar-refractivity contribution in [1.82, 2.24) is 9.96 Å². The van der Waals surface area contributed by atoms with Gasteiger partial charge >= 0.3 is 11.9 Å². The minimum Gasteiger partial charge on any atom is -0.481 e. The topological polar surface area (TPSA) is 70.1 Å². The smallest absolute Gasteiger partial charge is 0.342 e. The Hall–Kier alpha value is -1.14. The molecule has 198 valence electrons. The van der Waals surface area contributed by atoms with Gasteiger partial charge in [-0.05, 0) is 83.6 Å². The zero-order valence-electron chi connectivity index (χ0n) is 23.3. The van der Waals surface area contributed by atoms with Gasteiger partial charge in [0.1, 0.15) is 6.04 Å². The van der Waals surface area contributed by atoms with E-state index in [1.54, 1.807) is 0 Å². The first-order valence-electron chi connectivity index (χ1n) is 13.6. The Labute approximate surface area is 208 Å². The van der Waals surface area contributed by atoms with Crippen LogP contribution in [0.1, 0.15) is 126 Å². The SMILES string of the molecule is CC1(C)CCCN(OC(=O)C(CCCCCCCC(=O)O)N2CCCC(C)(C)C2(C)C)C1(C)C. The first-order chi connectivity index (χ1) is 15.6. The Balaban J connectivity index is 2.11. The van der Waals surface area contributed by atoms with Gasteiger partial charge < -0.3 is 9.94 Å². The Kier molecular flexibility index (Phi) is 9.65. The molecule has 0 aliphatic carbocycles. The summed E-state index contributed by atoms with van der Waals surface area (Å²) in [5, 5.41) is 10.8. The third kappa shape index (κ3) is 6.54. The second kappa shape index (κ2) is 11.3. The predicted octanol–water partition coefficient (Wildman–Crippen LogP) is 6.43. The van der Waals surface area contributed by atoms with Crippen LogP contribution in [0.25, 0.3) is 0 Å². The molecule has 1 unspecified atom stereocenters. The molecule has 6 nitrogen and oxygen atoms in total. The summed E-state index contributed by atoms with van der Waals surface area (Å²) in [6.07, 6.45) is 10.1. The molecule has 34 heavy (non-hydrogen) atoms. The number of aliphatic carboxylic acids is 1. The molecular weight excluding hydrogens is 428 g/mol. The van der Waals surface area contributed by atoms with Crippen LogP contribution in [-0.2, 0) is 14.4 Å². The van der Waals surface area contributed by atoms with Crippen molar-refractivity contribution in [3.63, 3.8) is 0 Å². The Morgan fingerprint density at radius 1 is 0.794 bits per heavy atom. The number of rotatable bonds is 11. The standard InChI is InChI=1S/C28H52N2O4/c1-25(2)18-14-20-29(27(25,5)6)22(16-12-10-9-11-13-17-23(31)32)24(33)34-30-21-15-19-26(3,4)28(30,7)8/h22H,9-21H2,1-8H3,(H,31,32). The zero-order chi connectivity index (χ0) is 25.8. The summed E-state index contributed by atoms with van der Waals surface area (Å²) in [5.74, 6) is -0.830. The van der Waals surface area contributed by atoms with Crippen LogP contribution in [-0.4, -0.2) is 57.2 Å². The molecule has 6 heteroatoms. The maximum atomic E-state index is 13.8. The van der Waals surface area contributed by atoms with Crippen LogP contribution in [0.15, 0.2) is 0 Å². The lowest BCUT2D eigenvalue weighted by Gasteiger charge is -2.56. The maximum Gasteiger partial charge on any atom is 0.342 e. The first-order valence-corrected chi connectivity index (χ1v) is 13.6. The summed E-state index contributed by atoms with van der Waals surface area (Å²) in [4.78, 5) is 33.2. The number of hydroxylamine groups is 2. The lowest BCUT2D eigenvalue weighted by molar-refractivity contribution is -0.254. The van der Waals surface area contributed by atoms with E-state index in [0.29, 0.717) is 0 Å². The number of nitrogens with zero attached hydrogens (tertiary/aromatic N) is 2. The van der Waals surface area contributed by atoms with Crippen molar-refractivity contribution in [2.45, 2.75) is 143 Å². The van der Waals surface area contributed by atoms with Gasteiger partial charge in [-0.2, -0.15) is 0 Å². The largest absolute Gasteiger partial charge is 0.481 e. The van der Waals surface area contributed by atoms with Gasteiger partial charge in [0.05, 0.1) is 5.54 Å². The number of hydrogen-bond donors (Lipinski definition) is 1. The molecule has 2 aliphatic rings. The summed E-state index contributed by atoms with van der Waals surface area (Å²) >= 11 is 0. The highest BCUT2D eigenvalue weighted by atomic mass is 16.7. The molecule has 1 N–H and O–H groups in total. The molecule has 0 saturated carbocycles. The molecule has 0 spiro atoms. The fourth-order valence-corrected chi connectivity index (χ4v) is 5.67. The van der Waals surface area contributed by atoms with E-state index >= 15 is 0 Å². The molecule has 2 aliphatic heterocycles. The molecule has 0 bridgehead atoms. The van der Waals surface area contributed by atoms with E-state index in [-0.39, 0.29) is 40.3 Å². The molecule has 0 aromatic carbocycles. The van der Waals surface area contributed by atoms with Crippen molar-refractivity contribution < 1.29 is 19.5 Å². The van der Waals surface area contributed by atoms with Crippen molar-refractivity contribution in [2.75, 3.05) is 13.1 Å². The molecule has 1 atom stereocenters. The first kappa shape index (κ1) is 29.1. The van der Waals surface area contributed by atoms with Crippen LogP contribution >= 0.6 is 0 Å². The molecular formula is C28H52N2O4. The van der Waals surface area contributed by atoms with Crippen molar-refractivity contribution >= 4 is 11.9 Å². The third-order valence-corrected chi connectivity index (χ3v) is 9.73. The number of likely N-dealkylation sites (tertiary alicyclic amines) is 1. The number of carboxylic acid groups (broad SMARTS) is 1. The van der Waals surface area contributed by atoms with Crippen molar-refractivity contribution in [3.8, 4) is 0 Å². The number of carbonyl (C=O) groups is 2. The Morgan fingerprint density at radius 3 is 1.94 bits per heavy atom. The summed E-state index contributed by atoms with van der Waals surface area (Å²) < 4.78 is 0. The monoisotopic (exact) mass is 480 g/mol. The van der Waals surface area contributed by atoms with E-state index in [1.165, 1.54) is 0 Å². The molecule has 0 radical (unpaired) electrons. The van der Waals surface area contributed by atoms with Crippen LogP contribution in [0.2, 0.25) is 0 Å². The summed E-state index contributed by atoms with van der Waals surface area (Å²) in [6.45, 7) is 19.8. The molecule has 2 heterocycles. The molecule has 0 amide bonds. The van der Waals surface area contributed by atoms with Crippen LogP contribution in [0.5, 0.6) is 0 Å². The minimum atomic E-state index is -0.721. The van der Waals surface area contributed by atoms with Gasteiger partial charge in [-0.25, -0.2) is 4.79 Å². The highest BCUT2D eigenvalue weighted by molar-refractivity contribution is 5.75. The minimum absolute atomic E-state index is 0.0728. The summed E-state index contributed by atoms with van der Waals surface area (Å²) in [7, 11) is 0. The Morgan fingerprint density at radius 2 is 1.32 bits per heavy atom. The fourth-order valence-electron chi connectivity index (χ4n) is 5.67. The average Bonchev–Trinajstić information content (AvgIpc) is 2.70. The molecule has 2 fully saturated rings. The van der Waals surface area contributed by atoms with Crippen LogP contribution in [0.4, 0.5) is 0 Å². The number of piperidine rings is 2. The Bertz CT molecular complexity index is 699. The lowest BCUT2D eigenvalue weighted by atomic mass is 9.67. The molecule has 0 aromatic heterocycles. The van der Waals surface area contributed by atoms with Crippen molar-refractivity contribution in [1.29, 1.82) is 0 Å². The van der Waals surface area contributed by atoms with E-state index in [9.17, 15) is 9.59 Å². The third-order valence-electron chi connectivity index (χ3n) is 9.73. The van der Waals surface area contributed by atoms with Gasteiger partial charge in [-0.1, -0.05) is 53.4 Å². The second-order valence-corrected chi connectivity index (χ2v) is 13.0. The van der Waals surface area contributed by atoms with Gasteiger partial charge in [-0.15, -0.1) is 5.06 Å². The normalized spacial score (nSPS) is 24.9. The highest BCUT2D eigenvalue weighted by Gasteiger charge is 2.50. The van der Waals surface area contributed by atoms with Crippen LogP contribution in [0, 0.1) is 10.8 Å². The van der Waals surface area contributed by atoms with Crippen molar-refractivity contribution in [3.05, 3.63) is 0 Å². The molecule has 2 rings (SSSR count). The summed E-state index contributed by atoms with van der Waals surface area (Å²) in [5.41, 5.74) is -0.129. The van der Waals surface area contributed by atoms with Gasteiger partial charge in [-0.3, -0.25) is 9.69 Å². The summed E-state index contributed by atoms with van der Waals surface area (Å²) in [6, 6.07) is -0.255.